The van der Waals surface area contributed by atoms with Gasteiger partial charge in [-0.05, 0) is 31.2 Å². The lowest BCUT2D eigenvalue weighted by atomic mass is 10.0. The molecule has 0 bridgehead atoms. The van der Waals surface area contributed by atoms with E-state index in [9.17, 15) is 0 Å². The summed E-state index contributed by atoms with van der Waals surface area (Å²) >= 11 is 11.9. The maximum Gasteiger partial charge on any atom is 0.0622 e. The van der Waals surface area contributed by atoms with Crippen molar-refractivity contribution in [3.63, 3.8) is 0 Å². The molecule has 1 N–H and O–H groups in total. The first kappa shape index (κ1) is 12.3. The Labute approximate surface area is 99.8 Å². The molecule has 0 aliphatic heterocycles. The van der Waals surface area contributed by atoms with Crippen LogP contribution in [0, 0.1) is 11.3 Å². The van der Waals surface area contributed by atoms with Crippen molar-refractivity contribution < 1.29 is 0 Å². The van der Waals surface area contributed by atoms with Crippen LogP contribution in [0.25, 0.3) is 0 Å². The highest BCUT2D eigenvalue weighted by molar-refractivity contribution is 6.35. The lowest BCUT2D eigenvalue weighted by Crippen LogP contribution is -2.16. The molecule has 1 rings (SSSR count). The van der Waals surface area contributed by atoms with E-state index in [0.29, 0.717) is 16.5 Å². The Morgan fingerprint density at radius 3 is 2.73 bits per heavy atom. The summed E-state index contributed by atoms with van der Waals surface area (Å²) in [7, 11) is 1.85. The summed E-state index contributed by atoms with van der Waals surface area (Å²) in [5.74, 6) is 0. The lowest BCUT2D eigenvalue weighted by Gasteiger charge is -2.16. The number of hydrogen-bond acceptors (Lipinski definition) is 2. The Balaban J connectivity index is 2.87. The largest absolute Gasteiger partial charge is 0.313 e. The van der Waals surface area contributed by atoms with Gasteiger partial charge in [-0.1, -0.05) is 29.3 Å². The minimum atomic E-state index is 0.106. The summed E-state index contributed by atoms with van der Waals surface area (Å²) in [6, 6.07) is 7.64. The highest BCUT2D eigenvalue weighted by Crippen LogP contribution is 2.28. The van der Waals surface area contributed by atoms with Crippen molar-refractivity contribution in [2.75, 3.05) is 7.05 Å². The van der Waals surface area contributed by atoms with Crippen LogP contribution in [0.2, 0.25) is 10.0 Å². The normalized spacial score (nSPS) is 12.1. The maximum atomic E-state index is 8.54. The minimum Gasteiger partial charge on any atom is -0.313 e. The van der Waals surface area contributed by atoms with Crippen LogP contribution in [0.3, 0.4) is 0 Å². The van der Waals surface area contributed by atoms with Crippen LogP contribution in [-0.4, -0.2) is 7.05 Å². The molecular formula is C11H12Cl2N2. The molecule has 1 aromatic carbocycles. The van der Waals surface area contributed by atoms with Crippen molar-refractivity contribution in [1.29, 1.82) is 5.26 Å². The molecule has 0 aromatic heterocycles. The number of nitrogens with zero attached hydrogens (tertiary/aromatic N) is 1. The fourth-order valence-electron chi connectivity index (χ4n) is 1.45. The first-order chi connectivity index (χ1) is 7.19. The van der Waals surface area contributed by atoms with Crippen molar-refractivity contribution >= 4 is 23.2 Å². The van der Waals surface area contributed by atoms with Crippen molar-refractivity contribution in [1.82, 2.24) is 5.32 Å². The van der Waals surface area contributed by atoms with Crippen molar-refractivity contribution in [2.24, 2.45) is 0 Å². The van der Waals surface area contributed by atoms with E-state index < -0.39 is 0 Å². The molecule has 0 saturated carbocycles. The molecule has 4 heteroatoms. The lowest BCUT2D eigenvalue weighted by molar-refractivity contribution is 0.557. The van der Waals surface area contributed by atoms with Crippen molar-refractivity contribution in [3.8, 4) is 6.07 Å². The van der Waals surface area contributed by atoms with E-state index in [1.807, 2.05) is 13.1 Å². The Morgan fingerprint density at radius 1 is 1.47 bits per heavy atom. The standard InChI is InChI=1S/C11H12Cl2N2/c1-15-11(3-2-6-14)9-5-4-8(12)7-10(9)13/h4-5,7,11,15H,2-3H2,1H3. The Morgan fingerprint density at radius 2 is 2.20 bits per heavy atom. The molecule has 0 aliphatic carbocycles. The summed E-state index contributed by atoms with van der Waals surface area (Å²) in [4.78, 5) is 0. The Kier molecular flexibility index (Phi) is 4.90. The van der Waals surface area contributed by atoms with E-state index in [2.05, 4.69) is 11.4 Å². The van der Waals surface area contributed by atoms with Crippen molar-refractivity contribution in [3.05, 3.63) is 33.8 Å². The first-order valence-electron chi connectivity index (χ1n) is 4.68. The molecule has 0 aliphatic rings. The molecule has 0 amide bonds. The summed E-state index contributed by atoms with van der Waals surface area (Å²) in [5.41, 5.74) is 0.985. The van der Waals surface area contributed by atoms with Crippen molar-refractivity contribution in [2.45, 2.75) is 18.9 Å². The average Bonchev–Trinajstić information content (AvgIpc) is 2.21. The van der Waals surface area contributed by atoms with E-state index in [0.717, 1.165) is 12.0 Å². The molecular weight excluding hydrogens is 231 g/mol. The zero-order valence-corrected chi connectivity index (χ0v) is 9.94. The van der Waals surface area contributed by atoms with Gasteiger partial charge in [0.1, 0.15) is 0 Å². The molecule has 1 atom stereocenters. The quantitative estimate of drug-likeness (QED) is 0.877. The van der Waals surface area contributed by atoms with Gasteiger partial charge in [0.05, 0.1) is 6.07 Å². The molecule has 0 fully saturated rings. The molecule has 0 saturated heterocycles. The molecule has 1 unspecified atom stereocenters. The Bertz CT molecular complexity index is 371. The first-order valence-corrected chi connectivity index (χ1v) is 5.43. The topological polar surface area (TPSA) is 35.8 Å². The Hall–Kier alpha value is -0.750. The van der Waals surface area contributed by atoms with Gasteiger partial charge in [0.25, 0.3) is 0 Å². The SMILES string of the molecule is CNC(CCC#N)c1ccc(Cl)cc1Cl. The number of halogens is 2. The highest BCUT2D eigenvalue weighted by Gasteiger charge is 2.12. The van der Waals surface area contributed by atoms with E-state index >= 15 is 0 Å². The van der Waals surface area contributed by atoms with E-state index in [1.165, 1.54) is 0 Å². The van der Waals surface area contributed by atoms with Crippen LogP contribution < -0.4 is 5.32 Å². The highest BCUT2D eigenvalue weighted by atomic mass is 35.5. The predicted molar refractivity (Wildman–Crippen MR) is 63.1 cm³/mol. The van der Waals surface area contributed by atoms with Crippen LogP contribution in [0.15, 0.2) is 18.2 Å². The zero-order valence-electron chi connectivity index (χ0n) is 8.43. The van der Waals surface area contributed by atoms with Gasteiger partial charge < -0.3 is 5.32 Å². The summed E-state index contributed by atoms with van der Waals surface area (Å²) < 4.78 is 0. The fraction of sp³-hybridized carbons (Fsp3) is 0.364. The second-order valence-corrected chi connectivity index (χ2v) is 4.05. The average molecular weight is 243 g/mol. The van der Waals surface area contributed by atoms with Gasteiger partial charge in [0, 0.05) is 22.5 Å². The third-order valence-electron chi connectivity index (χ3n) is 2.23. The van der Waals surface area contributed by atoms with Crippen LogP contribution >= 0.6 is 23.2 Å². The second kappa shape index (κ2) is 5.97. The molecule has 2 nitrogen and oxygen atoms in total. The van der Waals surface area contributed by atoms with Crippen LogP contribution in [0.1, 0.15) is 24.4 Å². The third-order valence-corrected chi connectivity index (χ3v) is 2.79. The van der Waals surface area contributed by atoms with Gasteiger partial charge in [0.2, 0.25) is 0 Å². The van der Waals surface area contributed by atoms with E-state index in [-0.39, 0.29) is 6.04 Å². The predicted octanol–water partition coefficient (Wildman–Crippen LogP) is 3.56. The summed E-state index contributed by atoms with van der Waals surface area (Å²) in [6.45, 7) is 0. The second-order valence-electron chi connectivity index (χ2n) is 3.20. The monoisotopic (exact) mass is 242 g/mol. The van der Waals surface area contributed by atoms with Crippen LogP contribution in [0.4, 0.5) is 0 Å². The number of benzene rings is 1. The van der Waals surface area contributed by atoms with Gasteiger partial charge in [-0.25, -0.2) is 0 Å². The van der Waals surface area contributed by atoms with Crippen LogP contribution in [0.5, 0.6) is 0 Å². The van der Waals surface area contributed by atoms with Gasteiger partial charge in [-0.2, -0.15) is 5.26 Å². The number of nitrogens with one attached hydrogen (secondary N) is 1. The minimum absolute atomic E-state index is 0.106. The fourth-order valence-corrected chi connectivity index (χ4v) is 1.99. The van der Waals surface area contributed by atoms with Gasteiger partial charge in [-0.3, -0.25) is 0 Å². The number of hydrogen-bond donors (Lipinski definition) is 1. The molecule has 1 aromatic rings. The third kappa shape index (κ3) is 3.39. The van der Waals surface area contributed by atoms with Gasteiger partial charge in [0.15, 0.2) is 0 Å². The zero-order chi connectivity index (χ0) is 11.3. The molecule has 80 valence electrons. The van der Waals surface area contributed by atoms with Crippen LogP contribution in [-0.2, 0) is 0 Å². The number of rotatable bonds is 4. The smallest absolute Gasteiger partial charge is 0.0622 e. The van der Waals surface area contributed by atoms with E-state index in [4.69, 9.17) is 28.5 Å². The summed E-state index contributed by atoms with van der Waals surface area (Å²) in [6.07, 6.45) is 1.25. The van der Waals surface area contributed by atoms with E-state index in [1.54, 1.807) is 12.1 Å². The molecule has 0 spiro atoms. The molecule has 0 heterocycles. The summed E-state index contributed by atoms with van der Waals surface area (Å²) in [5, 5.41) is 12.9. The molecule has 15 heavy (non-hydrogen) atoms. The van der Waals surface area contributed by atoms with Gasteiger partial charge in [-0.15, -0.1) is 0 Å². The molecule has 0 radical (unpaired) electrons. The van der Waals surface area contributed by atoms with Gasteiger partial charge >= 0.3 is 0 Å². The number of nitriles is 1. The maximum absolute atomic E-state index is 8.54.